The normalized spacial score (nSPS) is 11.1. The summed E-state index contributed by atoms with van der Waals surface area (Å²) >= 11 is 1.37. The Balaban J connectivity index is 2.29. The third-order valence-electron chi connectivity index (χ3n) is 2.71. The van der Waals surface area contributed by atoms with E-state index in [9.17, 15) is 9.59 Å². The number of amides is 1. The molecule has 0 unspecified atom stereocenters. The molecule has 9 nitrogen and oxygen atoms in total. The van der Waals surface area contributed by atoms with Gasteiger partial charge in [-0.25, -0.2) is 4.98 Å². The fourth-order valence-electron chi connectivity index (χ4n) is 1.83. The van der Waals surface area contributed by atoms with E-state index in [-0.39, 0.29) is 30.5 Å². The van der Waals surface area contributed by atoms with Crippen LogP contribution in [-0.4, -0.2) is 42.9 Å². The van der Waals surface area contributed by atoms with Crippen LogP contribution in [-0.2, 0) is 11.3 Å². The average molecular weight is 312 g/mol. The number of hydrogen-bond acceptors (Lipinski definition) is 7. The van der Waals surface area contributed by atoms with Crippen LogP contribution in [0, 0.1) is 0 Å². The lowest BCUT2D eigenvalue weighted by molar-refractivity contribution is -0.118. The summed E-state index contributed by atoms with van der Waals surface area (Å²) in [6.45, 7) is 0.138. The van der Waals surface area contributed by atoms with Crippen molar-refractivity contribution in [2.24, 2.45) is 5.73 Å². The number of nitrogen functional groups attached to an aromatic ring is 1. The predicted molar refractivity (Wildman–Crippen MR) is 78.8 cm³/mol. The van der Waals surface area contributed by atoms with Crippen LogP contribution < -0.4 is 17.0 Å². The minimum absolute atomic E-state index is 0.00290. The second-order valence-corrected chi connectivity index (χ2v) is 5.37. The number of carbonyl (C=O) groups excluding carboxylic acids is 1. The molecule has 2 aromatic heterocycles. The molecule has 1 amide bonds. The summed E-state index contributed by atoms with van der Waals surface area (Å²) in [4.78, 5) is 33.2. The number of hydrogen-bond donors (Lipinski definition) is 4. The summed E-state index contributed by atoms with van der Waals surface area (Å²) in [5, 5.41) is 9.69. The molecule has 114 valence electrons. The van der Waals surface area contributed by atoms with Gasteiger partial charge in [0.25, 0.3) is 5.56 Å². The molecule has 0 radical (unpaired) electrons. The fraction of sp³-hybridized carbons (Fsp3) is 0.455. The van der Waals surface area contributed by atoms with Crippen molar-refractivity contribution < 1.29 is 9.90 Å². The summed E-state index contributed by atoms with van der Waals surface area (Å²) in [7, 11) is 0. The Morgan fingerprint density at radius 1 is 1.43 bits per heavy atom. The van der Waals surface area contributed by atoms with E-state index in [1.165, 1.54) is 11.8 Å². The van der Waals surface area contributed by atoms with Gasteiger partial charge < -0.3 is 21.1 Å². The number of carbonyl (C=O) groups is 1. The maximum absolute atomic E-state index is 11.8. The quantitative estimate of drug-likeness (QED) is 0.380. The molecular formula is C11H16N6O3S. The minimum atomic E-state index is -0.423. The first-order valence-corrected chi connectivity index (χ1v) is 7.29. The van der Waals surface area contributed by atoms with Crippen LogP contribution in [0.1, 0.15) is 12.8 Å². The van der Waals surface area contributed by atoms with Crippen molar-refractivity contribution in [3.05, 3.63) is 10.4 Å². The first kappa shape index (κ1) is 15.3. The number of imidazole rings is 1. The second-order valence-electron chi connectivity index (χ2n) is 4.31. The third-order valence-corrected chi connectivity index (χ3v) is 3.77. The van der Waals surface area contributed by atoms with Crippen molar-refractivity contribution in [1.82, 2.24) is 19.5 Å². The number of nitrogens with one attached hydrogen (secondary N) is 1. The van der Waals surface area contributed by atoms with Gasteiger partial charge in [-0.2, -0.15) is 4.98 Å². The van der Waals surface area contributed by atoms with Crippen LogP contribution in [0.15, 0.2) is 9.95 Å². The van der Waals surface area contributed by atoms with Gasteiger partial charge in [-0.1, -0.05) is 11.8 Å². The van der Waals surface area contributed by atoms with E-state index in [1.54, 1.807) is 4.57 Å². The van der Waals surface area contributed by atoms with Crippen LogP contribution in [0.5, 0.6) is 0 Å². The van der Waals surface area contributed by atoms with Crippen molar-refractivity contribution in [1.29, 1.82) is 0 Å². The topological polar surface area (TPSA) is 153 Å². The summed E-state index contributed by atoms with van der Waals surface area (Å²) in [6, 6.07) is 0. The molecule has 6 N–H and O–H groups in total. The number of aromatic nitrogens is 4. The van der Waals surface area contributed by atoms with E-state index in [4.69, 9.17) is 16.6 Å². The van der Waals surface area contributed by atoms with Gasteiger partial charge in [-0.15, -0.1) is 0 Å². The third kappa shape index (κ3) is 3.52. The van der Waals surface area contributed by atoms with Gasteiger partial charge in [-0.05, 0) is 6.42 Å². The van der Waals surface area contributed by atoms with Gasteiger partial charge >= 0.3 is 0 Å². The number of aliphatic hydroxyl groups excluding tert-OH is 1. The van der Waals surface area contributed by atoms with Gasteiger partial charge in [0.05, 0.1) is 6.61 Å². The molecule has 0 fully saturated rings. The predicted octanol–water partition coefficient (Wildman–Crippen LogP) is -0.948. The molecule has 2 heterocycles. The highest BCUT2D eigenvalue weighted by molar-refractivity contribution is 7.99. The molecule has 2 aromatic rings. The highest BCUT2D eigenvalue weighted by Crippen LogP contribution is 2.22. The lowest BCUT2D eigenvalue weighted by atomic mass is 10.3. The first-order valence-electron chi connectivity index (χ1n) is 6.31. The Morgan fingerprint density at radius 3 is 2.86 bits per heavy atom. The number of thioether (sulfide) groups is 1. The van der Waals surface area contributed by atoms with Gasteiger partial charge in [-0.3, -0.25) is 14.6 Å². The van der Waals surface area contributed by atoms with E-state index in [2.05, 4.69) is 15.0 Å². The molecule has 0 aliphatic heterocycles. The average Bonchev–Trinajstić information content (AvgIpc) is 2.74. The highest BCUT2D eigenvalue weighted by atomic mass is 32.2. The molecule has 0 saturated heterocycles. The lowest BCUT2D eigenvalue weighted by Gasteiger charge is -2.05. The number of primary amides is 1. The molecule has 0 bridgehead atoms. The van der Waals surface area contributed by atoms with Crippen molar-refractivity contribution >= 4 is 34.8 Å². The van der Waals surface area contributed by atoms with Gasteiger partial charge in [0.1, 0.15) is 0 Å². The number of H-pyrrole nitrogens is 1. The molecule has 2 rings (SSSR count). The summed E-state index contributed by atoms with van der Waals surface area (Å²) in [5.74, 6) is 0.257. The number of aromatic amines is 1. The summed E-state index contributed by atoms with van der Waals surface area (Å²) < 4.78 is 1.63. The van der Waals surface area contributed by atoms with Crippen LogP contribution in [0.25, 0.3) is 11.2 Å². The molecule has 21 heavy (non-hydrogen) atoms. The zero-order valence-corrected chi connectivity index (χ0v) is 12.0. The van der Waals surface area contributed by atoms with Gasteiger partial charge in [0, 0.05) is 18.7 Å². The number of anilines is 1. The van der Waals surface area contributed by atoms with Crippen LogP contribution in [0.3, 0.4) is 0 Å². The van der Waals surface area contributed by atoms with Gasteiger partial charge in [0.2, 0.25) is 11.9 Å². The van der Waals surface area contributed by atoms with E-state index < -0.39 is 5.56 Å². The smallest absolute Gasteiger partial charge is 0.280 e. The molecule has 0 spiro atoms. The highest BCUT2D eigenvalue weighted by Gasteiger charge is 2.15. The summed E-state index contributed by atoms with van der Waals surface area (Å²) in [6.07, 6.45) is 0.896. The Morgan fingerprint density at radius 2 is 2.19 bits per heavy atom. The first-order chi connectivity index (χ1) is 10.0. The van der Waals surface area contributed by atoms with Crippen LogP contribution in [0.2, 0.25) is 0 Å². The second kappa shape index (κ2) is 6.59. The van der Waals surface area contributed by atoms with Crippen LogP contribution in [0.4, 0.5) is 5.95 Å². The zero-order valence-electron chi connectivity index (χ0n) is 11.2. The van der Waals surface area contributed by atoms with Crippen molar-refractivity contribution in [2.45, 2.75) is 24.5 Å². The molecule has 0 aliphatic carbocycles. The lowest BCUT2D eigenvalue weighted by Crippen LogP contribution is -2.13. The SMILES string of the molecule is NC(=O)CCCSc1nc2c(=O)[nH]c(N)nc2n1CCO. The van der Waals surface area contributed by atoms with E-state index in [0.29, 0.717) is 29.4 Å². The van der Waals surface area contributed by atoms with Gasteiger partial charge in [0.15, 0.2) is 16.3 Å². The molecule has 10 heteroatoms. The Hall–Kier alpha value is -2.07. The Bertz CT molecular complexity index is 710. The molecule has 0 aromatic carbocycles. The largest absolute Gasteiger partial charge is 0.395 e. The van der Waals surface area contributed by atoms with Crippen molar-refractivity contribution in [3.8, 4) is 0 Å². The Labute approximate surface area is 123 Å². The number of fused-ring (bicyclic) bond motifs is 1. The van der Waals surface area contributed by atoms with Crippen molar-refractivity contribution in [2.75, 3.05) is 18.1 Å². The van der Waals surface area contributed by atoms with E-state index in [0.717, 1.165) is 0 Å². The van der Waals surface area contributed by atoms with E-state index >= 15 is 0 Å². The maximum Gasteiger partial charge on any atom is 0.280 e. The maximum atomic E-state index is 11.8. The number of aliphatic hydroxyl groups is 1. The standard InChI is InChI=1S/C11H16N6O3S/c12-6(19)2-1-5-21-11-14-7-8(17(11)3-4-18)15-10(13)16-9(7)20/h18H,1-5H2,(H2,12,19)(H3,13,15,16,20). The number of nitrogens with two attached hydrogens (primary N) is 2. The zero-order chi connectivity index (χ0) is 15.4. The molecule has 0 atom stereocenters. The number of nitrogens with zero attached hydrogens (tertiary/aromatic N) is 3. The summed E-state index contributed by atoms with van der Waals surface area (Å²) in [5.41, 5.74) is 10.7. The van der Waals surface area contributed by atoms with E-state index in [1.807, 2.05) is 0 Å². The monoisotopic (exact) mass is 312 g/mol. The Kier molecular flexibility index (Phi) is 4.81. The van der Waals surface area contributed by atoms with Crippen LogP contribution >= 0.6 is 11.8 Å². The fourth-order valence-corrected chi connectivity index (χ4v) is 2.79. The molecule has 0 saturated carbocycles. The number of rotatable bonds is 7. The minimum Gasteiger partial charge on any atom is -0.395 e. The van der Waals surface area contributed by atoms with Crippen molar-refractivity contribution in [3.63, 3.8) is 0 Å². The molecular weight excluding hydrogens is 296 g/mol. The molecule has 0 aliphatic rings.